The van der Waals surface area contributed by atoms with Gasteiger partial charge >= 0.3 is 0 Å². The maximum atomic E-state index is 12.5. The quantitative estimate of drug-likeness (QED) is 0.871. The SMILES string of the molecule is CC(SC12CC3CC(CC(C3)C1)C2)C(=O)Nc1ccccc1. The Morgan fingerprint density at radius 1 is 1.09 bits per heavy atom. The number of rotatable bonds is 4. The van der Waals surface area contributed by atoms with Crippen LogP contribution in [0.3, 0.4) is 0 Å². The second kappa shape index (κ2) is 5.59. The van der Waals surface area contributed by atoms with Crippen molar-refractivity contribution in [3.8, 4) is 0 Å². The highest BCUT2D eigenvalue weighted by molar-refractivity contribution is 8.01. The Kier molecular flexibility index (Phi) is 3.72. The summed E-state index contributed by atoms with van der Waals surface area (Å²) in [4.78, 5) is 12.5. The molecule has 1 amide bonds. The first-order chi connectivity index (χ1) is 10.6. The molecule has 1 aromatic rings. The van der Waals surface area contributed by atoms with E-state index in [1.165, 1.54) is 38.5 Å². The molecule has 0 heterocycles. The van der Waals surface area contributed by atoms with Crippen molar-refractivity contribution in [3.63, 3.8) is 0 Å². The van der Waals surface area contributed by atoms with Crippen molar-refractivity contribution in [1.29, 1.82) is 0 Å². The smallest absolute Gasteiger partial charge is 0.237 e. The first kappa shape index (κ1) is 14.6. The van der Waals surface area contributed by atoms with Gasteiger partial charge < -0.3 is 5.32 Å². The molecular formula is C19H25NOS. The number of hydrogen-bond acceptors (Lipinski definition) is 2. The molecule has 1 N–H and O–H groups in total. The molecule has 4 saturated carbocycles. The Morgan fingerprint density at radius 2 is 1.64 bits per heavy atom. The van der Waals surface area contributed by atoms with Gasteiger partial charge in [0.2, 0.25) is 5.91 Å². The molecule has 1 atom stereocenters. The maximum Gasteiger partial charge on any atom is 0.237 e. The third-order valence-corrected chi connectivity index (χ3v) is 7.39. The summed E-state index contributed by atoms with van der Waals surface area (Å²) in [5.74, 6) is 3.00. The number of hydrogen-bond donors (Lipinski definition) is 1. The fraction of sp³-hybridized carbons (Fsp3) is 0.632. The van der Waals surface area contributed by atoms with Gasteiger partial charge in [0.1, 0.15) is 0 Å². The number of benzene rings is 1. The first-order valence-electron chi connectivity index (χ1n) is 8.66. The fourth-order valence-electron chi connectivity index (χ4n) is 5.37. The Labute approximate surface area is 137 Å². The molecule has 3 heteroatoms. The highest BCUT2D eigenvalue weighted by Crippen LogP contribution is 2.61. The molecule has 1 aromatic carbocycles. The lowest BCUT2D eigenvalue weighted by Gasteiger charge is -2.57. The normalized spacial score (nSPS) is 37.0. The van der Waals surface area contributed by atoms with E-state index >= 15 is 0 Å². The Bertz CT molecular complexity index is 521. The standard InChI is InChI=1S/C19H25NOS/c1-13(18(21)20-17-5-3-2-4-6-17)22-19-10-14-7-15(11-19)9-16(8-14)12-19/h2-6,13-16H,7-12H2,1H3,(H,20,21). The van der Waals surface area contributed by atoms with Gasteiger partial charge in [0.05, 0.1) is 5.25 Å². The van der Waals surface area contributed by atoms with E-state index in [0.29, 0.717) is 4.75 Å². The van der Waals surface area contributed by atoms with Gasteiger partial charge in [-0.15, -0.1) is 11.8 Å². The average molecular weight is 315 g/mol. The van der Waals surface area contributed by atoms with Crippen LogP contribution in [0, 0.1) is 17.8 Å². The number of carbonyl (C=O) groups is 1. The van der Waals surface area contributed by atoms with Gasteiger partial charge in [-0.05, 0) is 75.3 Å². The molecule has 0 aliphatic heterocycles. The van der Waals surface area contributed by atoms with Crippen molar-refractivity contribution in [3.05, 3.63) is 30.3 Å². The van der Waals surface area contributed by atoms with Gasteiger partial charge in [0.25, 0.3) is 0 Å². The van der Waals surface area contributed by atoms with Gasteiger partial charge in [-0.25, -0.2) is 0 Å². The van der Waals surface area contributed by atoms with Crippen LogP contribution in [0.4, 0.5) is 5.69 Å². The van der Waals surface area contributed by atoms with E-state index in [1.54, 1.807) is 0 Å². The zero-order valence-corrected chi connectivity index (χ0v) is 14.1. The van der Waals surface area contributed by atoms with Crippen LogP contribution < -0.4 is 5.32 Å². The average Bonchev–Trinajstić information content (AvgIpc) is 2.46. The summed E-state index contributed by atoms with van der Waals surface area (Å²) < 4.78 is 0.405. The van der Waals surface area contributed by atoms with Crippen LogP contribution in [0.5, 0.6) is 0 Å². The number of nitrogens with one attached hydrogen (secondary N) is 1. The largest absolute Gasteiger partial charge is 0.325 e. The Morgan fingerprint density at radius 3 is 2.18 bits per heavy atom. The summed E-state index contributed by atoms with van der Waals surface area (Å²) in [5.41, 5.74) is 0.908. The van der Waals surface area contributed by atoms with Crippen LogP contribution in [0.15, 0.2) is 30.3 Å². The fourth-order valence-corrected chi connectivity index (χ4v) is 7.28. The van der Waals surface area contributed by atoms with Crippen LogP contribution in [0.25, 0.3) is 0 Å². The summed E-state index contributed by atoms with van der Waals surface area (Å²) in [7, 11) is 0. The minimum absolute atomic E-state index is 0.0384. The highest BCUT2D eigenvalue weighted by Gasteiger charge is 2.52. The minimum atomic E-state index is 0.0384. The van der Waals surface area contributed by atoms with Crippen molar-refractivity contribution in [1.82, 2.24) is 0 Å². The second-order valence-electron chi connectivity index (χ2n) is 7.72. The van der Waals surface area contributed by atoms with Crippen LogP contribution in [-0.4, -0.2) is 15.9 Å². The molecule has 1 unspecified atom stereocenters. The number of thioether (sulfide) groups is 1. The van der Waals surface area contributed by atoms with Crippen LogP contribution in [-0.2, 0) is 4.79 Å². The van der Waals surface area contributed by atoms with Crippen LogP contribution in [0.2, 0.25) is 0 Å². The maximum absolute atomic E-state index is 12.5. The molecule has 4 aliphatic carbocycles. The summed E-state index contributed by atoms with van der Waals surface area (Å²) in [6, 6.07) is 9.82. The number of amides is 1. The molecule has 22 heavy (non-hydrogen) atoms. The summed E-state index contributed by atoms with van der Waals surface area (Å²) >= 11 is 1.97. The van der Waals surface area contributed by atoms with E-state index in [9.17, 15) is 4.79 Å². The predicted octanol–water partition coefficient (Wildman–Crippen LogP) is 4.72. The summed E-state index contributed by atoms with van der Waals surface area (Å²) in [6.45, 7) is 2.08. The number of para-hydroxylation sites is 1. The molecule has 0 radical (unpaired) electrons. The van der Waals surface area contributed by atoms with Crippen LogP contribution >= 0.6 is 11.8 Å². The van der Waals surface area contributed by atoms with E-state index in [2.05, 4.69) is 12.2 Å². The molecule has 4 aliphatic rings. The molecule has 4 bridgehead atoms. The van der Waals surface area contributed by atoms with Gasteiger partial charge in [-0.3, -0.25) is 4.79 Å². The molecular weight excluding hydrogens is 290 g/mol. The second-order valence-corrected chi connectivity index (χ2v) is 9.52. The van der Waals surface area contributed by atoms with Gasteiger partial charge in [-0.2, -0.15) is 0 Å². The van der Waals surface area contributed by atoms with Gasteiger partial charge in [-0.1, -0.05) is 18.2 Å². The zero-order valence-electron chi connectivity index (χ0n) is 13.3. The van der Waals surface area contributed by atoms with Crippen molar-refractivity contribution in [2.24, 2.45) is 17.8 Å². The van der Waals surface area contributed by atoms with E-state index in [4.69, 9.17) is 0 Å². The topological polar surface area (TPSA) is 29.1 Å². The molecule has 0 spiro atoms. The lowest BCUT2D eigenvalue weighted by molar-refractivity contribution is -0.115. The lowest BCUT2D eigenvalue weighted by Crippen LogP contribution is -2.49. The van der Waals surface area contributed by atoms with Gasteiger partial charge in [0.15, 0.2) is 0 Å². The number of carbonyl (C=O) groups excluding carboxylic acids is 1. The van der Waals surface area contributed by atoms with E-state index in [1.807, 2.05) is 42.1 Å². The van der Waals surface area contributed by atoms with Crippen molar-refractivity contribution in [2.45, 2.75) is 55.4 Å². The monoisotopic (exact) mass is 315 g/mol. The zero-order chi connectivity index (χ0) is 15.2. The summed E-state index contributed by atoms with van der Waals surface area (Å²) in [5, 5.41) is 3.10. The van der Waals surface area contributed by atoms with E-state index in [0.717, 1.165) is 23.4 Å². The molecule has 0 saturated heterocycles. The third-order valence-electron chi connectivity index (χ3n) is 5.82. The molecule has 2 nitrogen and oxygen atoms in total. The highest BCUT2D eigenvalue weighted by atomic mass is 32.2. The predicted molar refractivity (Wildman–Crippen MR) is 93.0 cm³/mol. The molecule has 118 valence electrons. The van der Waals surface area contributed by atoms with Crippen molar-refractivity contribution in [2.75, 3.05) is 5.32 Å². The van der Waals surface area contributed by atoms with Crippen molar-refractivity contribution < 1.29 is 4.79 Å². The molecule has 0 aromatic heterocycles. The summed E-state index contributed by atoms with van der Waals surface area (Å²) in [6.07, 6.45) is 8.45. The number of anilines is 1. The van der Waals surface area contributed by atoms with Gasteiger partial charge in [0, 0.05) is 10.4 Å². The van der Waals surface area contributed by atoms with E-state index < -0.39 is 0 Å². The molecule has 5 rings (SSSR count). The first-order valence-corrected chi connectivity index (χ1v) is 9.54. The molecule has 4 fully saturated rings. The Hall–Kier alpha value is -0.960. The third kappa shape index (κ3) is 2.80. The van der Waals surface area contributed by atoms with Crippen molar-refractivity contribution >= 4 is 23.4 Å². The van der Waals surface area contributed by atoms with Crippen LogP contribution in [0.1, 0.15) is 45.4 Å². The lowest BCUT2D eigenvalue weighted by atomic mass is 9.56. The Balaban J connectivity index is 1.41. The minimum Gasteiger partial charge on any atom is -0.325 e. The van der Waals surface area contributed by atoms with E-state index in [-0.39, 0.29) is 11.2 Å².